The van der Waals surface area contributed by atoms with Gasteiger partial charge in [0, 0.05) is 14.1 Å². The lowest BCUT2D eigenvalue weighted by Gasteiger charge is -2.16. The molecule has 4 rings (SSSR count). The molecule has 0 radical (unpaired) electrons. The maximum absolute atomic E-state index is 12.9. The predicted octanol–water partition coefficient (Wildman–Crippen LogP) is 1.92. The Morgan fingerprint density at radius 3 is 2.48 bits per heavy atom. The fraction of sp³-hybridized carbons (Fsp3) is 0.190. The molecule has 0 fully saturated rings. The monoisotopic (exact) mass is 439 g/mol. The Labute approximate surface area is 178 Å². The molecular formula is C21H21N5O4S. The number of H-pyrrole nitrogens is 1. The van der Waals surface area contributed by atoms with Gasteiger partial charge in [-0.15, -0.1) is 0 Å². The van der Waals surface area contributed by atoms with Crippen molar-refractivity contribution in [2.45, 2.75) is 17.9 Å². The molecule has 0 aliphatic carbocycles. The number of fused-ring (bicyclic) bond motifs is 3. The van der Waals surface area contributed by atoms with Crippen molar-refractivity contribution in [1.82, 2.24) is 24.2 Å². The molecule has 2 aromatic carbocycles. The molecule has 2 N–H and O–H groups in total. The SMILES string of the molecule is CC(NC(=O)c1cnn2c1[nH]c(=O)c1ccccc12)c1ccc(S(=O)(=O)N(C)C)cc1. The van der Waals surface area contributed by atoms with E-state index in [1.54, 1.807) is 43.3 Å². The predicted molar refractivity (Wildman–Crippen MR) is 117 cm³/mol. The van der Waals surface area contributed by atoms with Crippen LogP contribution >= 0.6 is 0 Å². The second-order valence-electron chi connectivity index (χ2n) is 7.34. The van der Waals surface area contributed by atoms with Gasteiger partial charge in [-0.05, 0) is 36.8 Å². The number of amides is 1. The van der Waals surface area contributed by atoms with Gasteiger partial charge in [0.2, 0.25) is 10.0 Å². The number of benzene rings is 2. The van der Waals surface area contributed by atoms with Crippen molar-refractivity contribution in [1.29, 1.82) is 0 Å². The van der Waals surface area contributed by atoms with Crippen LogP contribution in [0.25, 0.3) is 16.6 Å². The molecule has 1 amide bonds. The number of carbonyl (C=O) groups excluding carboxylic acids is 1. The molecule has 0 saturated carbocycles. The van der Waals surface area contributed by atoms with Gasteiger partial charge >= 0.3 is 0 Å². The van der Waals surface area contributed by atoms with Gasteiger partial charge in [-0.1, -0.05) is 24.3 Å². The number of para-hydroxylation sites is 1. The van der Waals surface area contributed by atoms with Gasteiger partial charge in [0.25, 0.3) is 11.5 Å². The molecule has 31 heavy (non-hydrogen) atoms. The minimum absolute atomic E-state index is 0.173. The summed E-state index contributed by atoms with van der Waals surface area (Å²) in [5.74, 6) is -0.404. The Balaban J connectivity index is 1.61. The van der Waals surface area contributed by atoms with Gasteiger partial charge in [0.15, 0.2) is 0 Å². The van der Waals surface area contributed by atoms with Crippen LogP contribution in [0.15, 0.2) is 64.4 Å². The highest BCUT2D eigenvalue weighted by Gasteiger charge is 2.20. The summed E-state index contributed by atoms with van der Waals surface area (Å²) in [5, 5.41) is 7.60. The van der Waals surface area contributed by atoms with Crippen LogP contribution in [0, 0.1) is 0 Å². The second-order valence-corrected chi connectivity index (χ2v) is 9.49. The molecule has 0 spiro atoms. The number of rotatable bonds is 5. The molecule has 4 aromatic rings. The van der Waals surface area contributed by atoms with Crippen LogP contribution < -0.4 is 10.9 Å². The van der Waals surface area contributed by atoms with E-state index in [-0.39, 0.29) is 16.0 Å². The van der Waals surface area contributed by atoms with Crippen molar-refractivity contribution < 1.29 is 13.2 Å². The van der Waals surface area contributed by atoms with Crippen LogP contribution in [0.5, 0.6) is 0 Å². The first kappa shape index (κ1) is 20.8. The fourth-order valence-electron chi connectivity index (χ4n) is 3.34. The molecule has 1 atom stereocenters. The summed E-state index contributed by atoms with van der Waals surface area (Å²) in [4.78, 5) is 28.2. The van der Waals surface area contributed by atoms with Crippen molar-refractivity contribution in [3.05, 3.63) is 76.2 Å². The highest BCUT2D eigenvalue weighted by molar-refractivity contribution is 7.89. The molecule has 2 heterocycles. The number of nitrogens with zero attached hydrogens (tertiary/aromatic N) is 3. The Morgan fingerprint density at radius 2 is 1.81 bits per heavy atom. The topological polar surface area (TPSA) is 117 Å². The number of hydrogen-bond acceptors (Lipinski definition) is 5. The second kappa shape index (κ2) is 7.64. The van der Waals surface area contributed by atoms with E-state index < -0.39 is 22.0 Å². The number of hydrogen-bond donors (Lipinski definition) is 2. The highest BCUT2D eigenvalue weighted by Crippen LogP contribution is 2.20. The van der Waals surface area contributed by atoms with E-state index in [2.05, 4.69) is 15.4 Å². The zero-order valence-electron chi connectivity index (χ0n) is 17.2. The summed E-state index contributed by atoms with van der Waals surface area (Å²) in [6.45, 7) is 1.79. The van der Waals surface area contributed by atoms with Crippen molar-refractivity contribution in [3.63, 3.8) is 0 Å². The Morgan fingerprint density at radius 1 is 1.13 bits per heavy atom. The average Bonchev–Trinajstić information content (AvgIpc) is 3.18. The van der Waals surface area contributed by atoms with E-state index >= 15 is 0 Å². The molecule has 0 saturated heterocycles. The lowest BCUT2D eigenvalue weighted by molar-refractivity contribution is 0.0941. The first-order valence-corrected chi connectivity index (χ1v) is 11.0. The van der Waals surface area contributed by atoms with Crippen LogP contribution in [-0.2, 0) is 10.0 Å². The van der Waals surface area contributed by atoms with E-state index in [4.69, 9.17) is 0 Å². The molecule has 10 heteroatoms. The Hall–Kier alpha value is -3.50. The lowest BCUT2D eigenvalue weighted by atomic mass is 10.1. The molecular weight excluding hydrogens is 418 g/mol. The van der Waals surface area contributed by atoms with E-state index in [1.165, 1.54) is 36.9 Å². The zero-order chi connectivity index (χ0) is 22.3. The molecule has 0 aliphatic rings. The van der Waals surface area contributed by atoms with Gasteiger partial charge < -0.3 is 10.3 Å². The number of nitrogens with one attached hydrogen (secondary N) is 2. The minimum atomic E-state index is -3.52. The van der Waals surface area contributed by atoms with E-state index in [0.717, 1.165) is 9.87 Å². The normalized spacial score (nSPS) is 13.0. The summed E-state index contributed by atoms with van der Waals surface area (Å²) in [5.41, 5.74) is 1.58. The summed E-state index contributed by atoms with van der Waals surface area (Å²) < 4.78 is 27.1. The zero-order valence-corrected chi connectivity index (χ0v) is 18.0. The highest BCUT2D eigenvalue weighted by atomic mass is 32.2. The minimum Gasteiger partial charge on any atom is -0.345 e. The van der Waals surface area contributed by atoms with Gasteiger partial charge in [-0.2, -0.15) is 5.10 Å². The largest absolute Gasteiger partial charge is 0.345 e. The summed E-state index contributed by atoms with van der Waals surface area (Å²) in [7, 11) is -0.587. The quantitative estimate of drug-likeness (QED) is 0.493. The third-order valence-electron chi connectivity index (χ3n) is 5.13. The molecule has 1 unspecified atom stereocenters. The van der Waals surface area contributed by atoms with Crippen molar-refractivity contribution >= 4 is 32.5 Å². The molecule has 9 nitrogen and oxygen atoms in total. The van der Waals surface area contributed by atoms with Gasteiger partial charge in [-0.3, -0.25) is 9.59 Å². The number of carbonyl (C=O) groups is 1. The number of sulfonamides is 1. The lowest BCUT2D eigenvalue weighted by Crippen LogP contribution is -2.27. The molecule has 160 valence electrons. The van der Waals surface area contributed by atoms with Crippen LogP contribution in [0.2, 0.25) is 0 Å². The third-order valence-corrected chi connectivity index (χ3v) is 6.96. The van der Waals surface area contributed by atoms with E-state index in [9.17, 15) is 18.0 Å². The maximum atomic E-state index is 12.9. The van der Waals surface area contributed by atoms with Crippen molar-refractivity contribution in [2.24, 2.45) is 0 Å². The van der Waals surface area contributed by atoms with Crippen LogP contribution in [-0.4, -0.2) is 47.3 Å². The smallest absolute Gasteiger partial charge is 0.259 e. The summed E-state index contributed by atoms with van der Waals surface area (Å²) in [6, 6.07) is 12.9. The van der Waals surface area contributed by atoms with Gasteiger partial charge in [0.05, 0.1) is 28.0 Å². The summed E-state index contributed by atoms with van der Waals surface area (Å²) >= 11 is 0. The molecule has 2 aromatic heterocycles. The van der Waals surface area contributed by atoms with Crippen LogP contribution in [0.3, 0.4) is 0 Å². The van der Waals surface area contributed by atoms with E-state index in [1.807, 2.05) is 0 Å². The fourth-order valence-corrected chi connectivity index (χ4v) is 4.24. The summed E-state index contributed by atoms with van der Waals surface area (Å²) in [6.07, 6.45) is 1.41. The van der Waals surface area contributed by atoms with Crippen LogP contribution in [0.1, 0.15) is 28.9 Å². The molecule has 0 aliphatic heterocycles. The Kier molecular flexibility index (Phi) is 5.11. The van der Waals surface area contributed by atoms with Crippen molar-refractivity contribution in [2.75, 3.05) is 14.1 Å². The van der Waals surface area contributed by atoms with Crippen molar-refractivity contribution in [3.8, 4) is 0 Å². The maximum Gasteiger partial charge on any atom is 0.259 e. The Bertz CT molecular complexity index is 1450. The van der Waals surface area contributed by atoms with E-state index in [0.29, 0.717) is 16.6 Å². The van der Waals surface area contributed by atoms with Crippen LogP contribution in [0.4, 0.5) is 0 Å². The molecule has 0 bridgehead atoms. The first-order chi connectivity index (χ1) is 14.7. The first-order valence-electron chi connectivity index (χ1n) is 9.52. The number of aromatic nitrogens is 3. The van der Waals surface area contributed by atoms with Gasteiger partial charge in [0.1, 0.15) is 11.2 Å². The number of aromatic amines is 1. The van der Waals surface area contributed by atoms with Gasteiger partial charge in [-0.25, -0.2) is 17.2 Å². The third kappa shape index (κ3) is 3.60. The standard InChI is InChI=1S/C21H21N5O4S/c1-13(14-8-10-15(11-9-14)31(29,30)25(2)3)23-21(28)17-12-22-26-18-7-5-4-6-16(18)20(27)24-19(17)26/h4-13H,1-3H3,(H,23,28)(H,24,27). The average molecular weight is 439 g/mol.